The second-order valence-corrected chi connectivity index (χ2v) is 4.66. The SMILES string of the molecule is CCCCC(CN)(CCC)CCCC. The van der Waals surface area contributed by atoms with E-state index >= 15 is 0 Å². The molecule has 0 saturated carbocycles. The minimum Gasteiger partial charge on any atom is -0.330 e. The normalized spacial score (nSPS) is 12.0. The zero-order valence-electron chi connectivity index (χ0n) is 10.4. The molecule has 0 atom stereocenters. The van der Waals surface area contributed by atoms with Crippen molar-refractivity contribution in [2.45, 2.75) is 72.1 Å². The molecule has 0 radical (unpaired) electrons. The first-order chi connectivity index (χ1) is 6.74. The first-order valence-electron chi connectivity index (χ1n) is 6.44. The Morgan fingerprint density at radius 3 is 1.57 bits per heavy atom. The molecule has 0 unspecified atom stereocenters. The summed E-state index contributed by atoms with van der Waals surface area (Å²) in [7, 11) is 0. The molecule has 14 heavy (non-hydrogen) atoms. The third-order valence-corrected chi connectivity index (χ3v) is 3.33. The average Bonchev–Trinajstić information content (AvgIpc) is 2.22. The molecule has 2 N–H and O–H groups in total. The van der Waals surface area contributed by atoms with Gasteiger partial charge in [0.2, 0.25) is 0 Å². The van der Waals surface area contributed by atoms with Gasteiger partial charge in [0.05, 0.1) is 0 Å². The molecule has 86 valence electrons. The fourth-order valence-electron chi connectivity index (χ4n) is 2.32. The third kappa shape index (κ3) is 4.99. The molecule has 0 rings (SSSR count). The summed E-state index contributed by atoms with van der Waals surface area (Å²) in [4.78, 5) is 0. The van der Waals surface area contributed by atoms with Crippen molar-refractivity contribution >= 4 is 0 Å². The lowest BCUT2D eigenvalue weighted by Gasteiger charge is -2.32. The molecule has 0 bridgehead atoms. The van der Waals surface area contributed by atoms with E-state index < -0.39 is 0 Å². The van der Waals surface area contributed by atoms with Gasteiger partial charge >= 0.3 is 0 Å². The zero-order chi connectivity index (χ0) is 10.9. The highest BCUT2D eigenvalue weighted by Crippen LogP contribution is 2.34. The highest BCUT2D eigenvalue weighted by molar-refractivity contribution is 4.79. The van der Waals surface area contributed by atoms with Crippen LogP contribution < -0.4 is 5.73 Å². The standard InChI is InChI=1S/C13H29N/c1-4-7-10-13(12-14,9-6-3)11-8-5-2/h4-12,14H2,1-3H3. The van der Waals surface area contributed by atoms with Crippen molar-refractivity contribution < 1.29 is 0 Å². The van der Waals surface area contributed by atoms with Crippen molar-refractivity contribution in [3.8, 4) is 0 Å². The van der Waals surface area contributed by atoms with Gasteiger partial charge in [-0.05, 0) is 31.2 Å². The lowest BCUT2D eigenvalue weighted by atomic mass is 9.75. The quantitative estimate of drug-likeness (QED) is 0.594. The summed E-state index contributed by atoms with van der Waals surface area (Å²) < 4.78 is 0. The van der Waals surface area contributed by atoms with Crippen LogP contribution in [0.2, 0.25) is 0 Å². The Labute approximate surface area is 90.5 Å². The van der Waals surface area contributed by atoms with E-state index in [0.29, 0.717) is 5.41 Å². The molecule has 0 fully saturated rings. The van der Waals surface area contributed by atoms with Crippen molar-refractivity contribution in [2.75, 3.05) is 6.54 Å². The number of nitrogens with two attached hydrogens (primary N) is 1. The summed E-state index contributed by atoms with van der Waals surface area (Å²) >= 11 is 0. The lowest BCUT2D eigenvalue weighted by molar-refractivity contribution is 0.213. The average molecular weight is 199 g/mol. The van der Waals surface area contributed by atoms with Crippen LogP contribution in [0.3, 0.4) is 0 Å². The second-order valence-electron chi connectivity index (χ2n) is 4.66. The molecule has 0 spiro atoms. The smallest absolute Gasteiger partial charge is 0.00205 e. The van der Waals surface area contributed by atoms with Gasteiger partial charge in [0.1, 0.15) is 0 Å². The van der Waals surface area contributed by atoms with E-state index in [2.05, 4.69) is 20.8 Å². The molecule has 0 amide bonds. The molecule has 0 aliphatic carbocycles. The molecule has 0 aliphatic heterocycles. The monoisotopic (exact) mass is 199 g/mol. The number of hydrogen-bond acceptors (Lipinski definition) is 1. The molecule has 0 aromatic carbocycles. The van der Waals surface area contributed by atoms with Gasteiger partial charge in [-0.3, -0.25) is 0 Å². The number of unbranched alkanes of at least 4 members (excludes halogenated alkanes) is 2. The molecule has 0 aliphatic rings. The van der Waals surface area contributed by atoms with Gasteiger partial charge in [-0.15, -0.1) is 0 Å². The first-order valence-corrected chi connectivity index (χ1v) is 6.44. The Morgan fingerprint density at radius 2 is 1.29 bits per heavy atom. The molecular formula is C13H29N. The van der Waals surface area contributed by atoms with Crippen LogP contribution in [0.4, 0.5) is 0 Å². The summed E-state index contributed by atoms with van der Waals surface area (Å²) in [6.07, 6.45) is 10.6. The van der Waals surface area contributed by atoms with Crippen LogP contribution in [0.1, 0.15) is 72.1 Å². The Bertz CT molecular complexity index is 112. The maximum Gasteiger partial charge on any atom is -0.00205 e. The van der Waals surface area contributed by atoms with Crippen molar-refractivity contribution in [1.29, 1.82) is 0 Å². The van der Waals surface area contributed by atoms with Gasteiger partial charge in [0, 0.05) is 0 Å². The van der Waals surface area contributed by atoms with Gasteiger partial charge in [0.25, 0.3) is 0 Å². The maximum absolute atomic E-state index is 5.98. The summed E-state index contributed by atoms with van der Waals surface area (Å²) in [6, 6.07) is 0. The van der Waals surface area contributed by atoms with Gasteiger partial charge in [0.15, 0.2) is 0 Å². The van der Waals surface area contributed by atoms with Gasteiger partial charge in [-0.1, -0.05) is 52.9 Å². The fourth-order valence-corrected chi connectivity index (χ4v) is 2.32. The molecule has 0 aromatic heterocycles. The predicted molar refractivity (Wildman–Crippen MR) is 65.4 cm³/mol. The van der Waals surface area contributed by atoms with Gasteiger partial charge in [-0.25, -0.2) is 0 Å². The molecule has 0 saturated heterocycles. The highest BCUT2D eigenvalue weighted by Gasteiger charge is 2.25. The van der Waals surface area contributed by atoms with Crippen LogP contribution in [0.5, 0.6) is 0 Å². The van der Waals surface area contributed by atoms with E-state index in [-0.39, 0.29) is 0 Å². The van der Waals surface area contributed by atoms with Crippen molar-refractivity contribution in [2.24, 2.45) is 11.1 Å². The molecule has 1 nitrogen and oxygen atoms in total. The van der Waals surface area contributed by atoms with Crippen molar-refractivity contribution in [3.63, 3.8) is 0 Å². The first kappa shape index (κ1) is 14.0. The second kappa shape index (κ2) is 8.28. The van der Waals surface area contributed by atoms with Crippen LogP contribution in [0, 0.1) is 5.41 Å². The van der Waals surface area contributed by atoms with E-state index in [1.807, 2.05) is 0 Å². The minimum absolute atomic E-state index is 0.473. The summed E-state index contributed by atoms with van der Waals surface area (Å²) in [5.74, 6) is 0. The summed E-state index contributed by atoms with van der Waals surface area (Å²) in [5.41, 5.74) is 6.45. The van der Waals surface area contributed by atoms with E-state index in [1.54, 1.807) is 0 Å². The van der Waals surface area contributed by atoms with Crippen LogP contribution in [0.25, 0.3) is 0 Å². The van der Waals surface area contributed by atoms with Crippen LogP contribution in [-0.4, -0.2) is 6.54 Å². The van der Waals surface area contributed by atoms with E-state index in [4.69, 9.17) is 5.73 Å². The van der Waals surface area contributed by atoms with Crippen LogP contribution in [-0.2, 0) is 0 Å². The molecule has 1 heteroatoms. The van der Waals surface area contributed by atoms with Crippen molar-refractivity contribution in [1.82, 2.24) is 0 Å². The highest BCUT2D eigenvalue weighted by atomic mass is 14.6. The Morgan fingerprint density at radius 1 is 0.786 bits per heavy atom. The summed E-state index contributed by atoms with van der Waals surface area (Å²) in [5, 5.41) is 0. The Balaban J connectivity index is 4.11. The van der Waals surface area contributed by atoms with Crippen LogP contribution in [0.15, 0.2) is 0 Å². The maximum atomic E-state index is 5.98. The minimum atomic E-state index is 0.473. The van der Waals surface area contributed by atoms with Crippen LogP contribution >= 0.6 is 0 Å². The molecule has 0 heterocycles. The van der Waals surface area contributed by atoms with Gasteiger partial charge < -0.3 is 5.73 Å². The summed E-state index contributed by atoms with van der Waals surface area (Å²) in [6.45, 7) is 7.71. The Hall–Kier alpha value is -0.0400. The number of hydrogen-bond donors (Lipinski definition) is 1. The lowest BCUT2D eigenvalue weighted by Crippen LogP contribution is -2.30. The van der Waals surface area contributed by atoms with Gasteiger partial charge in [-0.2, -0.15) is 0 Å². The predicted octanol–water partition coefficient (Wildman–Crippen LogP) is 4.11. The third-order valence-electron chi connectivity index (χ3n) is 3.33. The van der Waals surface area contributed by atoms with E-state index in [0.717, 1.165) is 6.54 Å². The zero-order valence-corrected chi connectivity index (χ0v) is 10.4. The van der Waals surface area contributed by atoms with E-state index in [9.17, 15) is 0 Å². The fraction of sp³-hybridized carbons (Fsp3) is 1.00. The molecular weight excluding hydrogens is 170 g/mol. The van der Waals surface area contributed by atoms with Crippen molar-refractivity contribution in [3.05, 3.63) is 0 Å². The Kier molecular flexibility index (Phi) is 8.26. The topological polar surface area (TPSA) is 26.0 Å². The van der Waals surface area contributed by atoms with E-state index in [1.165, 1.54) is 51.4 Å². The number of rotatable bonds is 9. The largest absolute Gasteiger partial charge is 0.330 e. The molecule has 0 aromatic rings.